The molecule has 0 aliphatic carbocycles. The molecule has 1 aliphatic rings. The molecular weight excluding hydrogens is 446 g/mol. The van der Waals surface area contributed by atoms with Gasteiger partial charge in [0.2, 0.25) is 10.0 Å². The second kappa shape index (κ2) is 9.35. The largest absolute Gasteiger partial charge is 0.379 e. The molecule has 32 heavy (non-hydrogen) atoms. The molecule has 2 heterocycles. The quantitative estimate of drug-likeness (QED) is 0.385. The minimum absolute atomic E-state index is 0.0448. The number of fused-ring (bicyclic) bond motifs is 1. The molecule has 0 saturated carbocycles. The molecule has 1 aliphatic heterocycles. The summed E-state index contributed by atoms with van der Waals surface area (Å²) in [6, 6.07) is 10.8. The highest BCUT2D eigenvalue weighted by Gasteiger charge is 2.27. The monoisotopic (exact) mass is 473 g/mol. The summed E-state index contributed by atoms with van der Waals surface area (Å²) in [6.45, 7) is 8.22. The van der Waals surface area contributed by atoms with Crippen LogP contribution in [-0.2, 0) is 21.3 Å². The van der Waals surface area contributed by atoms with Gasteiger partial charge in [0.1, 0.15) is 0 Å². The summed E-state index contributed by atoms with van der Waals surface area (Å²) in [6.07, 6.45) is 0. The molecule has 4 rings (SSSR count). The van der Waals surface area contributed by atoms with Crippen molar-refractivity contribution in [3.8, 4) is 0 Å². The summed E-state index contributed by atoms with van der Waals surface area (Å²) in [7, 11) is -3.59. The highest BCUT2D eigenvalue weighted by molar-refractivity contribution is 7.99. The summed E-state index contributed by atoms with van der Waals surface area (Å²) < 4.78 is 34.7. The number of aryl methyl sites for hydroxylation is 3. The number of nitrogens with zero attached hydrogens (tertiary/aromatic N) is 3. The van der Waals surface area contributed by atoms with Crippen LogP contribution in [0.25, 0.3) is 11.0 Å². The number of benzene rings is 2. The maximum Gasteiger partial charge on any atom is 0.243 e. The molecule has 0 unspecified atom stereocenters. The number of imidazole rings is 1. The van der Waals surface area contributed by atoms with Gasteiger partial charge in [-0.05, 0) is 56.2 Å². The third kappa shape index (κ3) is 4.47. The number of carbonyl (C=O) groups excluding carboxylic acids is 1. The standard InChI is InChI=1S/C23H27N3O4S2/c1-4-26-21-8-7-19(32(28,29)25-9-11-30-12-10-25)14-20(21)24-23(26)31-15-22(27)18-6-5-16(2)17(3)13-18/h5-8,13-14H,4,9-12,15H2,1-3H3. The van der Waals surface area contributed by atoms with E-state index in [1.807, 2.05) is 43.5 Å². The van der Waals surface area contributed by atoms with Crippen LogP contribution in [0.5, 0.6) is 0 Å². The van der Waals surface area contributed by atoms with Gasteiger partial charge < -0.3 is 9.30 Å². The van der Waals surface area contributed by atoms with Crippen molar-refractivity contribution in [1.82, 2.24) is 13.9 Å². The molecule has 1 fully saturated rings. The summed E-state index contributed by atoms with van der Waals surface area (Å²) >= 11 is 1.38. The van der Waals surface area contributed by atoms with E-state index in [1.165, 1.54) is 16.1 Å². The number of carbonyl (C=O) groups is 1. The number of morpholine rings is 1. The van der Waals surface area contributed by atoms with Crippen molar-refractivity contribution in [1.29, 1.82) is 0 Å². The second-order valence-electron chi connectivity index (χ2n) is 7.82. The van der Waals surface area contributed by atoms with E-state index in [0.29, 0.717) is 49.1 Å². The lowest BCUT2D eigenvalue weighted by Gasteiger charge is -2.26. The van der Waals surface area contributed by atoms with E-state index in [0.717, 1.165) is 16.6 Å². The van der Waals surface area contributed by atoms with E-state index in [9.17, 15) is 13.2 Å². The van der Waals surface area contributed by atoms with Crippen LogP contribution in [0, 0.1) is 13.8 Å². The summed E-state index contributed by atoms with van der Waals surface area (Å²) in [4.78, 5) is 17.6. The van der Waals surface area contributed by atoms with E-state index >= 15 is 0 Å². The zero-order valence-corrected chi connectivity index (χ0v) is 20.1. The van der Waals surface area contributed by atoms with Gasteiger partial charge in [0.15, 0.2) is 10.9 Å². The third-order valence-electron chi connectivity index (χ3n) is 5.77. The Bertz CT molecular complexity index is 1260. The molecule has 3 aromatic rings. The van der Waals surface area contributed by atoms with Crippen molar-refractivity contribution in [3.63, 3.8) is 0 Å². The lowest BCUT2D eigenvalue weighted by molar-refractivity contribution is 0.0730. The predicted molar refractivity (Wildman–Crippen MR) is 126 cm³/mol. The van der Waals surface area contributed by atoms with Gasteiger partial charge >= 0.3 is 0 Å². The van der Waals surface area contributed by atoms with Crippen molar-refractivity contribution in [2.24, 2.45) is 0 Å². The average Bonchev–Trinajstić information content (AvgIpc) is 3.16. The fraction of sp³-hybridized carbons (Fsp3) is 0.391. The van der Waals surface area contributed by atoms with Crippen molar-refractivity contribution >= 4 is 38.6 Å². The Kier molecular flexibility index (Phi) is 6.71. The number of ketones is 1. The highest BCUT2D eigenvalue weighted by Crippen LogP contribution is 2.28. The predicted octanol–water partition coefficient (Wildman–Crippen LogP) is 3.67. The van der Waals surface area contributed by atoms with Crippen molar-refractivity contribution in [2.75, 3.05) is 32.1 Å². The van der Waals surface area contributed by atoms with Gasteiger partial charge in [0.25, 0.3) is 0 Å². The van der Waals surface area contributed by atoms with E-state index in [-0.39, 0.29) is 16.4 Å². The van der Waals surface area contributed by atoms with Crippen LogP contribution < -0.4 is 0 Å². The molecule has 1 aromatic heterocycles. The number of hydrogen-bond donors (Lipinski definition) is 0. The lowest BCUT2D eigenvalue weighted by Crippen LogP contribution is -2.40. The number of hydrogen-bond acceptors (Lipinski definition) is 6. The normalized spacial score (nSPS) is 15.3. The van der Waals surface area contributed by atoms with Gasteiger partial charge in [-0.15, -0.1) is 0 Å². The van der Waals surface area contributed by atoms with Gasteiger partial charge in [0.05, 0.1) is 34.9 Å². The van der Waals surface area contributed by atoms with E-state index in [4.69, 9.17) is 4.74 Å². The molecular formula is C23H27N3O4S2. The maximum absolute atomic E-state index is 13.0. The molecule has 0 amide bonds. The number of rotatable bonds is 7. The molecule has 2 aromatic carbocycles. The van der Waals surface area contributed by atoms with Crippen molar-refractivity contribution < 1.29 is 17.9 Å². The van der Waals surface area contributed by atoms with Crippen LogP contribution in [0.2, 0.25) is 0 Å². The summed E-state index contributed by atoms with van der Waals surface area (Å²) in [5.74, 6) is 0.313. The van der Waals surface area contributed by atoms with Gasteiger partial charge in [-0.1, -0.05) is 23.9 Å². The Morgan fingerprint density at radius 2 is 1.84 bits per heavy atom. The Hall–Kier alpha value is -2.20. The molecule has 9 heteroatoms. The van der Waals surface area contributed by atoms with Gasteiger partial charge in [-0.2, -0.15) is 4.31 Å². The van der Waals surface area contributed by atoms with Gasteiger partial charge in [-0.3, -0.25) is 4.79 Å². The number of Topliss-reactive ketones (excluding diaryl/α,β-unsaturated/α-hetero) is 1. The Morgan fingerprint density at radius 3 is 2.53 bits per heavy atom. The third-order valence-corrected chi connectivity index (χ3v) is 8.64. The van der Waals surface area contributed by atoms with Crippen LogP contribution in [0.4, 0.5) is 0 Å². The molecule has 0 radical (unpaired) electrons. The number of thioether (sulfide) groups is 1. The first kappa shape index (κ1) is 23.0. The lowest BCUT2D eigenvalue weighted by atomic mass is 10.0. The zero-order valence-electron chi connectivity index (χ0n) is 18.5. The number of aromatic nitrogens is 2. The Morgan fingerprint density at radius 1 is 1.09 bits per heavy atom. The smallest absolute Gasteiger partial charge is 0.243 e. The Labute approximate surface area is 192 Å². The van der Waals surface area contributed by atoms with Crippen molar-refractivity contribution in [3.05, 3.63) is 53.1 Å². The summed E-state index contributed by atoms with van der Waals surface area (Å²) in [5.41, 5.74) is 4.41. The van der Waals surface area contributed by atoms with Gasteiger partial charge in [0, 0.05) is 25.2 Å². The first-order chi connectivity index (χ1) is 15.3. The van der Waals surface area contributed by atoms with Crippen LogP contribution in [0.15, 0.2) is 46.5 Å². The molecule has 7 nitrogen and oxygen atoms in total. The van der Waals surface area contributed by atoms with E-state index < -0.39 is 10.0 Å². The summed E-state index contributed by atoms with van der Waals surface area (Å²) in [5, 5.41) is 0.709. The average molecular weight is 474 g/mol. The fourth-order valence-electron chi connectivity index (χ4n) is 3.73. The second-order valence-corrected chi connectivity index (χ2v) is 10.7. The topological polar surface area (TPSA) is 81.5 Å². The van der Waals surface area contributed by atoms with Gasteiger partial charge in [-0.25, -0.2) is 13.4 Å². The molecule has 1 saturated heterocycles. The zero-order chi connectivity index (χ0) is 22.9. The molecule has 0 atom stereocenters. The SMILES string of the molecule is CCn1c(SCC(=O)c2ccc(C)c(C)c2)nc2cc(S(=O)(=O)N3CCOCC3)ccc21. The Balaban J connectivity index is 1.58. The molecule has 170 valence electrons. The minimum atomic E-state index is -3.59. The van der Waals surface area contributed by atoms with Crippen LogP contribution in [0.1, 0.15) is 28.4 Å². The van der Waals surface area contributed by atoms with Crippen LogP contribution in [-0.4, -0.2) is 60.1 Å². The number of sulfonamides is 1. The van der Waals surface area contributed by atoms with Crippen molar-refractivity contribution in [2.45, 2.75) is 37.4 Å². The van der Waals surface area contributed by atoms with Crippen LogP contribution >= 0.6 is 11.8 Å². The first-order valence-electron chi connectivity index (χ1n) is 10.6. The van der Waals surface area contributed by atoms with E-state index in [2.05, 4.69) is 4.98 Å². The number of ether oxygens (including phenoxy) is 1. The maximum atomic E-state index is 13.0. The van der Waals surface area contributed by atoms with Crippen LogP contribution in [0.3, 0.4) is 0 Å². The highest BCUT2D eigenvalue weighted by atomic mass is 32.2. The molecule has 0 N–H and O–H groups in total. The first-order valence-corrected chi connectivity index (χ1v) is 13.0. The molecule has 0 bridgehead atoms. The molecule has 0 spiro atoms. The van der Waals surface area contributed by atoms with E-state index in [1.54, 1.807) is 18.2 Å². The fourth-order valence-corrected chi connectivity index (χ4v) is 6.13. The minimum Gasteiger partial charge on any atom is -0.379 e.